The standard InChI is InChI=1S/C12H24N2O3S/c1-12(2,3)9(18-4)8-14-11(17)13-7-5-6-10(15)16/h9H,5-8H2,1-4H3,(H,15,16)(H2,13,14,17). The summed E-state index contributed by atoms with van der Waals surface area (Å²) >= 11 is 1.73. The van der Waals surface area contributed by atoms with Crippen molar-refractivity contribution in [2.45, 2.75) is 38.9 Å². The second kappa shape index (κ2) is 8.24. The Morgan fingerprint density at radius 2 is 1.89 bits per heavy atom. The molecule has 1 atom stereocenters. The predicted octanol–water partition coefficient (Wildman–Crippen LogP) is 1.93. The molecule has 0 saturated heterocycles. The highest BCUT2D eigenvalue weighted by Gasteiger charge is 2.23. The lowest BCUT2D eigenvalue weighted by molar-refractivity contribution is -0.137. The molecule has 3 N–H and O–H groups in total. The van der Waals surface area contributed by atoms with Crippen LogP contribution in [0.4, 0.5) is 4.79 Å². The van der Waals surface area contributed by atoms with Gasteiger partial charge in [-0.05, 0) is 18.1 Å². The van der Waals surface area contributed by atoms with Crippen molar-refractivity contribution < 1.29 is 14.7 Å². The monoisotopic (exact) mass is 276 g/mol. The van der Waals surface area contributed by atoms with Gasteiger partial charge in [0.25, 0.3) is 0 Å². The second-order valence-corrected chi connectivity index (χ2v) is 6.26. The summed E-state index contributed by atoms with van der Waals surface area (Å²) in [6.45, 7) is 7.41. The Kier molecular flexibility index (Phi) is 7.82. The van der Waals surface area contributed by atoms with Gasteiger partial charge in [-0.2, -0.15) is 11.8 Å². The van der Waals surface area contributed by atoms with Crippen molar-refractivity contribution in [2.24, 2.45) is 5.41 Å². The number of hydrogen-bond acceptors (Lipinski definition) is 3. The third-order valence-corrected chi connectivity index (χ3v) is 3.99. The van der Waals surface area contributed by atoms with Gasteiger partial charge in [0.1, 0.15) is 0 Å². The molecule has 106 valence electrons. The van der Waals surface area contributed by atoms with E-state index in [-0.39, 0.29) is 17.9 Å². The number of aliphatic carboxylic acids is 1. The SMILES string of the molecule is CSC(CNC(=O)NCCCC(=O)O)C(C)(C)C. The molecule has 0 aromatic carbocycles. The molecule has 0 spiro atoms. The summed E-state index contributed by atoms with van der Waals surface area (Å²) in [7, 11) is 0. The summed E-state index contributed by atoms with van der Waals surface area (Å²) in [5.41, 5.74) is 0.135. The second-order valence-electron chi connectivity index (χ2n) is 5.22. The first-order valence-electron chi connectivity index (χ1n) is 6.03. The number of rotatable bonds is 7. The smallest absolute Gasteiger partial charge is 0.314 e. The van der Waals surface area contributed by atoms with Crippen LogP contribution in [0, 0.1) is 5.41 Å². The average Bonchev–Trinajstić information content (AvgIpc) is 2.23. The van der Waals surface area contributed by atoms with Gasteiger partial charge in [-0.3, -0.25) is 4.79 Å². The zero-order chi connectivity index (χ0) is 14.2. The number of amides is 2. The van der Waals surface area contributed by atoms with Crippen LogP contribution < -0.4 is 10.6 Å². The van der Waals surface area contributed by atoms with Gasteiger partial charge in [-0.15, -0.1) is 0 Å². The molecule has 0 heterocycles. The van der Waals surface area contributed by atoms with Gasteiger partial charge < -0.3 is 15.7 Å². The van der Waals surface area contributed by atoms with Gasteiger partial charge in [0.15, 0.2) is 0 Å². The molecule has 5 nitrogen and oxygen atoms in total. The van der Waals surface area contributed by atoms with Crippen LogP contribution in [0.2, 0.25) is 0 Å². The lowest BCUT2D eigenvalue weighted by atomic mass is 9.92. The minimum absolute atomic E-state index is 0.0791. The first kappa shape index (κ1) is 17.1. The van der Waals surface area contributed by atoms with Crippen molar-refractivity contribution in [3.8, 4) is 0 Å². The molecule has 1 unspecified atom stereocenters. The Hall–Kier alpha value is -0.910. The summed E-state index contributed by atoms with van der Waals surface area (Å²) < 4.78 is 0. The zero-order valence-electron chi connectivity index (χ0n) is 11.6. The van der Waals surface area contributed by atoms with Gasteiger partial charge in [0.05, 0.1) is 0 Å². The highest BCUT2D eigenvalue weighted by Crippen LogP contribution is 2.27. The van der Waals surface area contributed by atoms with Crippen molar-refractivity contribution in [2.75, 3.05) is 19.3 Å². The molecule has 2 amide bonds. The van der Waals surface area contributed by atoms with Gasteiger partial charge >= 0.3 is 12.0 Å². The molecular weight excluding hydrogens is 252 g/mol. The van der Waals surface area contributed by atoms with Crippen LogP contribution in [0.25, 0.3) is 0 Å². The molecule has 6 heteroatoms. The van der Waals surface area contributed by atoms with E-state index in [9.17, 15) is 9.59 Å². The van der Waals surface area contributed by atoms with Crippen LogP contribution in [0.1, 0.15) is 33.6 Å². The summed E-state index contributed by atoms with van der Waals surface area (Å²) in [6, 6.07) is -0.233. The summed E-state index contributed by atoms with van der Waals surface area (Å²) in [4.78, 5) is 21.7. The lowest BCUT2D eigenvalue weighted by Crippen LogP contribution is -2.42. The Morgan fingerprint density at radius 3 is 2.33 bits per heavy atom. The summed E-state index contributed by atoms with van der Waals surface area (Å²) in [5.74, 6) is -0.840. The van der Waals surface area contributed by atoms with Crippen LogP contribution in [0.3, 0.4) is 0 Å². The Balaban J connectivity index is 3.79. The van der Waals surface area contributed by atoms with Crippen molar-refractivity contribution in [1.29, 1.82) is 0 Å². The van der Waals surface area contributed by atoms with E-state index in [1.807, 2.05) is 6.26 Å². The zero-order valence-corrected chi connectivity index (χ0v) is 12.4. The van der Waals surface area contributed by atoms with Crippen LogP contribution in [-0.4, -0.2) is 41.7 Å². The first-order chi connectivity index (χ1) is 8.27. The van der Waals surface area contributed by atoms with E-state index in [0.717, 1.165) is 0 Å². The van der Waals surface area contributed by atoms with E-state index in [2.05, 4.69) is 31.4 Å². The Bertz CT molecular complexity index is 277. The quantitative estimate of drug-likeness (QED) is 0.621. The summed E-state index contributed by atoms with van der Waals surface area (Å²) in [5, 5.41) is 14.3. The maximum absolute atomic E-state index is 11.5. The fourth-order valence-electron chi connectivity index (χ4n) is 1.43. The van der Waals surface area contributed by atoms with Crippen LogP contribution in [0.5, 0.6) is 0 Å². The van der Waals surface area contributed by atoms with E-state index < -0.39 is 5.97 Å². The van der Waals surface area contributed by atoms with E-state index in [1.165, 1.54) is 0 Å². The first-order valence-corrected chi connectivity index (χ1v) is 7.32. The topological polar surface area (TPSA) is 78.4 Å². The molecule has 0 fully saturated rings. The fraction of sp³-hybridized carbons (Fsp3) is 0.833. The van der Waals surface area contributed by atoms with Gasteiger partial charge in [0, 0.05) is 24.8 Å². The fourth-order valence-corrected chi connectivity index (χ4v) is 2.39. The molecule has 0 aliphatic heterocycles. The number of thioether (sulfide) groups is 1. The van der Waals surface area contributed by atoms with E-state index in [4.69, 9.17) is 5.11 Å². The molecule has 0 radical (unpaired) electrons. The highest BCUT2D eigenvalue weighted by molar-refractivity contribution is 7.99. The highest BCUT2D eigenvalue weighted by atomic mass is 32.2. The molecule has 0 aliphatic rings. The van der Waals surface area contributed by atoms with Crippen molar-refractivity contribution >= 4 is 23.8 Å². The number of urea groups is 1. The largest absolute Gasteiger partial charge is 0.481 e. The van der Waals surface area contributed by atoms with Crippen molar-refractivity contribution in [1.82, 2.24) is 10.6 Å². The summed E-state index contributed by atoms with van der Waals surface area (Å²) in [6.07, 6.45) is 2.56. The van der Waals surface area contributed by atoms with E-state index >= 15 is 0 Å². The molecule has 0 aromatic rings. The molecule has 0 aromatic heterocycles. The molecular formula is C12H24N2O3S. The van der Waals surface area contributed by atoms with Gasteiger partial charge in [0.2, 0.25) is 0 Å². The molecule has 0 aliphatic carbocycles. The van der Waals surface area contributed by atoms with E-state index in [1.54, 1.807) is 11.8 Å². The average molecular weight is 276 g/mol. The molecule has 0 saturated carbocycles. The number of nitrogens with one attached hydrogen (secondary N) is 2. The van der Waals surface area contributed by atoms with E-state index in [0.29, 0.717) is 24.8 Å². The van der Waals surface area contributed by atoms with Gasteiger partial charge in [-0.1, -0.05) is 20.8 Å². The minimum atomic E-state index is -0.840. The van der Waals surface area contributed by atoms with Gasteiger partial charge in [-0.25, -0.2) is 4.79 Å². The predicted molar refractivity (Wildman–Crippen MR) is 75.0 cm³/mol. The van der Waals surface area contributed by atoms with Crippen molar-refractivity contribution in [3.63, 3.8) is 0 Å². The molecule has 18 heavy (non-hydrogen) atoms. The van der Waals surface area contributed by atoms with Crippen LogP contribution >= 0.6 is 11.8 Å². The van der Waals surface area contributed by atoms with Crippen LogP contribution in [-0.2, 0) is 4.79 Å². The maximum atomic E-state index is 11.5. The number of carboxylic acid groups (broad SMARTS) is 1. The number of carbonyl (C=O) groups is 2. The number of carboxylic acids is 1. The maximum Gasteiger partial charge on any atom is 0.314 e. The minimum Gasteiger partial charge on any atom is -0.481 e. The third kappa shape index (κ3) is 8.22. The van der Waals surface area contributed by atoms with Crippen LogP contribution in [0.15, 0.2) is 0 Å². The Morgan fingerprint density at radius 1 is 1.28 bits per heavy atom. The number of hydrogen-bond donors (Lipinski definition) is 3. The van der Waals surface area contributed by atoms with Crippen molar-refractivity contribution in [3.05, 3.63) is 0 Å². The Labute approximate surface area is 113 Å². The molecule has 0 rings (SSSR count). The lowest BCUT2D eigenvalue weighted by Gasteiger charge is -2.29. The number of carbonyl (C=O) groups excluding carboxylic acids is 1. The third-order valence-electron chi connectivity index (χ3n) is 2.55. The normalized spacial score (nSPS) is 12.9. The molecule has 0 bridgehead atoms.